The molecule has 0 atom stereocenters. The Labute approximate surface area is 136 Å². The Morgan fingerprint density at radius 3 is 2.55 bits per heavy atom. The maximum Gasteiger partial charge on any atom is 0.0240 e. The Morgan fingerprint density at radius 1 is 1.14 bits per heavy atom. The van der Waals surface area contributed by atoms with Crippen molar-refractivity contribution in [2.45, 2.75) is 51.6 Å². The highest BCUT2D eigenvalue weighted by Crippen LogP contribution is 2.24. The van der Waals surface area contributed by atoms with Gasteiger partial charge in [-0.1, -0.05) is 86.1 Å². The normalized spacial score (nSPS) is 17.3. The van der Waals surface area contributed by atoms with Crippen LogP contribution in [0.3, 0.4) is 0 Å². The van der Waals surface area contributed by atoms with Crippen LogP contribution in [0.4, 0.5) is 0 Å². The molecule has 0 radical (unpaired) electrons. The Kier molecular flexibility index (Phi) is 7.18. The van der Waals surface area contributed by atoms with E-state index in [-0.39, 0.29) is 0 Å². The molecular weight excluding hydrogens is 266 g/mol. The number of hydrogen-bond acceptors (Lipinski definition) is 1. The lowest BCUT2D eigenvalue weighted by Gasteiger charge is -2.34. The summed E-state index contributed by atoms with van der Waals surface area (Å²) in [4.78, 5) is 2.67. The van der Waals surface area contributed by atoms with Crippen LogP contribution in [0, 0.1) is 0 Å². The van der Waals surface area contributed by atoms with E-state index in [0.29, 0.717) is 0 Å². The second-order valence-corrected chi connectivity index (χ2v) is 6.32. The number of allylic oxidation sites excluding steroid dienone is 4. The summed E-state index contributed by atoms with van der Waals surface area (Å²) in [6.07, 6.45) is 15.0. The van der Waals surface area contributed by atoms with Crippen LogP contribution in [-0.4, -0.2) is 17.5 Å². The number of rotatable bonds is 7. The first-order valence-electron chi connectivity index (χ1n) is 8.52. The molecule has 1 aromatic carbocycles. The minimum atomic E-state index is 0.737. The summed E-state index contributed by atoms with van der Waals surface area (Å²) < 4.78 is 0. The van der Waals surface area contributed by atoms with Crippen LogP contribution in [0.1, 0.15) is 44.6 Å². The van der Waals surface area contributed by atoms with Crippen LogP contribution >= 0.6 is 0 Å². The van der Waals surface area contributed by atoms with Crippen molar-refractivity contribution in [3.63, 3.8) is 0 Å². The smallest absolute Gasteiger partial charge is 0.0240 e. The molecule has 0 heterocycles. The van der Waals surface area contributed by atoms with E-state index in [4.69, 9.17) is 0 Å². The average molecular weight is 295 g/mol. The molecule has 1 fully saturated rings. The van der Waals surface area contributed by atoms with Crippen LogP contribution in [0.25, 0.3) is 0 Å². The van der Waals surface area contributed by atoms with E-state index < -0.39 is 0 Å². The first-order chi connectivity index (χ1) is 10.8. The Bertz CT molecular complexity index is 492. The molecule has 0 bridgehead atoms. The molecular formula is C21H29N. The molecule has 1 heteroatoms. The predicted molar refractivity (Wildman–Crippen MR) is 96.8 cm³/mol. The van der Waals surface area contributed by atoms with Crippen molar-refractivity contribution < 1.29 is 0 Å². The van der Waals surface area contributed by atoms with Gasteiger partial charge in [-0.05, 0) is 25.3 Å². The third kappa shape index (κ3) is 5.65. The van der Waals surface area contributed by atoms with E-state index in [1.165, 1.54) is 43.2 Å². The third-order valence-corrected chi connectivity index (χ3v) is 4.40. The van der Waals surface area contributed by atoms with Gasteiger partial charge in [0.2, 0.25) is 0 Å². The fourth-order valence-electron chi connectivity index (χ4n) is 3.25. The molecule has 0 saturated heterocycles. The van der Waals surface area contributed by atoms with E-state index in [9.17, 15) is 0 Å². The van der Waals surface area contributed by atoms with Crippen LogP contribution in [0.5, 0.6) is 0 Å². The maximum absolute atomic E-state index is 3.72. The molecule has 1 saturated carbocycles. The van der Waals surface area contributed by atoms with Gasteiger partial charge in [0.15, 0.2) is 0 Å². The van der Waals surface area contributed by atoms with Crippen molar-refractivity contribution in [2.75, 3.05) is 6.54 Å². The summed E-state index contributed by atoms with van der Waals surface area (Å²) in [5.41, 5.74) is 2.84. The van der Waals surface area contributed by atoms with E-state index in [1.807, 2.05) is 12.2 Å². The van der Waals surface area contributed by atoms with Crippen molar-refractivity contribution >= 4 is 0 Å². The molecule has 1 aliphatic rings. The van der Waals surface area contributed by atoms with Gasteiger partial charge in [0.25, 0.3) is 0 Å². The second kappa shape index (κ2) is 9.42. The number of nitrogens with zero attached hydrogens (tertiary/aromatic N) is 1. The first-order valence-corrected chi connectivity index (χ1v) is 8.52. The van der Waals surface area contributed by atoms with Gasteiger partial charge in [0.05, 0.1) is 0 Å². The first kappa shape index (κ1) is 16.8. The minimum Gasteiger partial charge on any atom is -0.292 e. The molecule has 0 N–H and O–H groups in total. The lowest BCUT2D eigenvalue weighted by Crippen LogP contribution is -2.37. The summed E-state index contributed by atoms with van der Waals surface area (Å²) in [6.45, 7) is 8.07. The van der Waals surface area contributed by atoms with Crippen molar-refractivity contribution in [3.05, 3.63) is 72.4 Å². The molecule has 0 spiro atoms. The molecule has 0 amide bonds. The van der Waals surface area contributed by atoms with E-state index in [1.54, 1.807) is 0 Å². The monoisotopic (exact) mass is 295 g/mol. The van der Waals surface area contributed by atoms with Gasteiger partial charge in [0, 0.05) is 19.1 Å². The Hall–Kier alpha value is -1.60. The van der Waals surface area contributed by atoms with E-state index in [0.717, 1.165) is 19.1 Å². The Morgan fingerprint density at radius 2 is 1.86 bits per heavy atom. The SMILES string of the molecule is C=C/C=C\C=C(/C)CN(Cc1ccccc1)C1CCCCC1. The van der Waals surface area contributed by atoms with Crippen molar-refractivity contribution in [1.29, 1.82) is 0 Å². The molecule has 1 nitrogen and oxygen atoms in total. The summed E-state index contributed by atoms with van der Waals surface area (Å²) in [7, 11) is 0. The lowest BCUT2D eigenvalue weighted by molar-refractivity contribution is 0.161. The maximum atomic E-state index is 3.72. The van der Waals surface area contributed by atoms with Crippen LogP contribution in [-0.2, 0) is 6.54 Å². The largest absolute Gasteiger partial charge is 0.292 e. The van der Waals surface area contributed by atoms with Gasteiger partial charge < -0.3 is 0 Å². The highest BCUT2D eigenvalue weighted by Gasteiger charge is 2.21. The minimum absolute atomic E-state index is 0.737. The number of hydrogen-bond donors (Lipinski definition) is 0. The molecule has 118 valence electrons. The van der Waals surface area contributed by atoms with Crippen molar-refractivity contribution in [3.8, 4) is 0 Å². The molecule has 1 aromatic rings. The Balaban J connectivity index is 2.05. The molecule has 0 aromatic heterocycles. The summed E-state index contributed by atoms with van der Waals surface area (Å²) >= 11 is 0. The summed E-state index contributed by atoms with van der Waals surface area (Å²) in [6, 6.07) is 11.6. The van der Waals surface area contributed by atoms with Gasteiger partial charge in [-0.15, -0.1) is 0 Å². The zero-order chi connectivity index (χ0) is 15.6. The highest BCUT2D eigenvalue weighted by atomic mass is 15.2. The zero-order valence-electron chi connectivity index (χ0n) is 13.9. The molecule has 2 rings (SSSR count). The second-order valence-electron chi connectivity index (χ2n) is 6.32. The van der Waals surface area contributed by atoms with Crippen LogP contribution in [0.2, 0.25) is 0 Å². The molecule has 1 aliphatic carbocycles. The van der Waals surface area contributed by atoms with Gasteiger partial charge in [-0.3, -0.25) is 4.90 Å². The standard InChI is InChI=1S/C21H29N/c1-3-4-7-12-19(2)17-22(21-15-10-6-11-16-21)18-20-13-8-5-9-14-20/h3-5,7-9,12-14,21H,1,6,10-11,15-18H2,2H3/b7-4-,19-12+. The summed E-state index contributed by atoms with van der Waals surface area (Å²) in [5, 5.41) is 0. The lowest BCUT2D eigenvalue weighted by atomic mass is 9.93. The van der Waals surface area contributed by atoms with Gasteiger partial charge >= 0.3 is 0 Å². The molecule has 0 aliphatic heterocycles. The topological polar surface area (TPSA) is 3.24 Å². The van der Waals surface area contributed by atoms with Crippen LogP contribution < -0.4 is 0 Å². The van der Waals surface area contributed by atoms with Gasteiger partial charge in [-0.25, -0.2) is 0 Å². The van der Waals surface area contributed by atoms with E-state index >= 15 is 0 Å². The quantitative estimate of drug-likeness (QED) is 0.599. The van der Waals surface area contributed by atoms with E-state index in [2.05, 4.69) is 60.9 Å². The predicted octanol–water partition coefficient (Wildman–Crippen LogP) is 5.51. The van der Waals surface area contributed by atoms with Crippen molar-refractivity contribution in [1.82, 2.24) is 4.90 Å². The summed E-state index contributed by atoms with van der Waals surface area (Å²) in [5.74, 6) is 0. The average Bonchev–Trinajstić information content (AvgIpc) is 2.56. The van der Waals surface area contributed by atoms with Gasteiger partial charge in [0.1, 0.15) is 0 Å². The molecule has 22 heavy (non-hydrogen) atoms. The number of benzene rings is 1. The fraction of sp³-hybridized carbons (Fsp3) is 0.429. The third-order valence-electron chi connectivity index (χ3n) is 4.40. The van der Waals surface area contributed by atoms with Gasteiger partial charge in [-0.2, -0.15) is 0 Å². The van der Waals surface area contributed by atoms with Crippen molar-refractivity contribution in [2.24, 2.45) is 0 Å². The van der Waals surface area contributed by atoms with Crippen LogP contribution in [0.15, 0.2) is 66.8 Å². The fourth-order valence-corrected chi connectivity index (χ4v) is 3.25. The highest BCUT2D eigenvalue weighted by molar-refractivity contribution is 5.17. The zero-order valence-corrected chi connectivity index (χ0v) is 13.9. The molecule has 0 unspecified atom stereocenters.